The minimum Gasteiger partial charge on any atom is -0.338 e. The minimum atomic E-state index is -0.152. The summed E-state index contributed by atoms with van der Waals surface area (Å²) in [6, 6.07) is 0. The summed E-state index contributed by atoms with van der Waals surface area (Å²) in [4.78, 5) is 34.6. The zero-order chi connectivity index (χ0) is 13.0. The molecule has 2 heterocycles. The molecular formula is C11H13ClN4O2. The Morgan fingerprint density at radius 2 is 1.83 bits per heavy atom. The summed E-state index contributed by atoms with van der Waals surface area (Å²) in [6.45, 7) is 2.02. The van der Waals surface area contributed by atoms with Gasteiger partial charge in [0.05, 0.1) is 6.20 Å². The number of nitrogens with zero attached hydrogens (tertiary/aromatic N) is 4. The highest BCUT2D eigenvalue weighted by Crippen LogP contribution is 2.06. The highest BCUT2D eigenvalue weighted by Gasteiger charge is 2.24. The third-order valence-electron chi connectivity index (χ3n) is 2.82. The molecule has 1 aliphatic heterocycles. The lowest BCUT2D eigenvalue weighted by atomic mass is 10.3. The van der Waals surface area contributed by atoms with Crippen LogP contribution in [0.2, 0.25) is 0 Å². The van der Waals surface area contributed by atoms with Gasteiger partial charge in [-0.25, -0.2) is 4.98 Å². The number of hydrogen-bond donors (Lipinski definition) is 0. The lowest BCUT2D eigenvalue weighted by molar-refractivity contribution is -0.129. The molecule has 0 aliphatic carbocycles. The molecule has 2 amide bonds. The molecule has 0 saturated carbocycles. The third kappa shape index (κ3) is 2.76. The molecule has 18 heavy (non-hydrogen) atoms. The highest BCUT2D eigenvalue weighted by atomic mass is 35.5. The van der Waals surface area contributed by atoms with Crippen molar-refractivity contribution in [1.82, 2.24) is 19.8 Å². The predicted octanol–water partition coefficient (Wildman–Crippen LogP) is -0.000200. The van der Waals surface area contributed by atoms with E-state index in [9.17, 15) is 9.59 Å². The molecule has 7 heteroatoms. The first kappa shape index (κ1) is 12.8. The first-order chi connectivity index (χ1) is 8.72. The van der Waals surface area contributed by atoms with Crippen LogP contribution >= 0.6 is 11.6 Å². The largest absolute Gasteiger partial charge is 0.338 e. The predicted molar refractivity (Wildman–Crippen MR) is 65.2 cm³/mol. The van der Waals surface area contributed by atoms with Gasteiger partial charge in [0, 0.05) is 38.6 Å². The molecule has 0 bridgehead atoms. The Labute approximate surface area is 110 Å². The smallest absolute Gasteiger partial charge is 0.274 e. The summed E-state index contributed by atoms with van der Waals surface area (Å²) in [5, 5.41) is 0. The average molecular weight is 269 g/mol. The van der Waals surface area contributed by atoms with Crippen molar-refractivity contribution < 1.29 is 9.59 Å². The molecule has 1 aromatic heterocycles. The van der Waals surface area contributed by atoms with E-state index in [0.717, 1.165) is 0 Å². The van der Waals surface area contributed by atoms with Crippen LogP contribution in [0.3, 0.4) is 0 Å². The minimum absolute atomic E-state index is 0.0158. The summed E-state index contributed by atoms with van der Waals surface area (Å²) in [6.07, 6.45) is 4.45. The van der Waals surface area contributed by atoms with Crippen molar-refractivity contribution in [3.05, 3.63) is 24.3 Å². The summed E-state index contributed by atoms with van der Waals surface area (Å²) < 4.78 is 0. The van der Waals surface area contributed by atoms with E-state index in [1.54, 1.807) is 9.80 Å². The quantitative estimate of drug-likeness (QED) is 0.708. The van der Waals surface area contributed by atoms with Gasteiger partial charge in [-0.3, -0.25) is 14.6 Å². The zero-order valence-corrected chi connectivity index (χ0v) is 10.5. The number of halogens is 1. The van der Waals surface area contributed by atoms with Gasteiger partial charge in [-0.1, -0.05) is 0 Å². The van der Waals surface area contributed by atoms with Crippen LogP contribution < -0.4 is 0 Å². The Bertz CT molecular complexity index is 432. The molecule has 0 aromatic carbocycles. The highest BCUT2D eigenvalue weighted by molar-refractivity contribution is 6.27. The second kappa shape index (κ2) is 5.77. The topological polar surface area (TPSA) is 66.4 Å². The van der Waals surface area contributed by atoms with Gasteiger partial charge < -0.3 is 9.80 Å². The average Bonchev–Trinajstić information content (AvgIpc) is 2.47. The summed E-state index contributed by atoms with van der Waals surface area (Å²) in [5.41, 5.74) is 0.328. The van der Waals surface area contributed by atoms with Crippen LogP contribution in [0.4, 0.5) is 0 Å². The van der Waals surface area contributed by atoms with Crippen LogP contribution in [-0.4, -0.2) is 63.6 Å². The Morgan fingerprint density at radius 3 is 2.39 bits per heavy atom. The second-order valence-corrected chi connectivity index (χ2v) is 4.16. The van der Waals surface area contributed by atoms with Gasteiger partial charge in [-0.2, -0.15) is 0 Å². The standard InChI is InChI=1S/C11H13ClN4O2/c12-7-10(17)15-3-5-16(6-4-15)11(18)9-8-13-1-2-14-9/h1-2,8H,3-7H2. The van der Waals surface area contributed by atoms with Gasteiger partial charge in [0.2, 0.25) is 5.91 Å². The number of carbonyl (C=O) groups excluding carboxylic acids is 2. The number of amides is 2. The van der Waals surface area contributed by atoms with Gasteiger partial charge in [-0.15, -0.1) is 11.6 Å². The first-order valence-corrected chi connectivity index (χ1v) is 6.15. The van der Waals surface area contributed by atoms with Crippen LogP contribution in [-0.2, 0) is 4.79 Å². The van der Waals surface area contributed by atoms with E-state index in [2.05, 4.69) is 9.97 Å². The number of piperazine rings is 1. The number of alkyl halides is 1. The van der Waals surface area contributed by atoms with Gasteiger partial charge in [0.1, 0.15) is 11.6 Å². The Morgan fingerprint density at radius 1 is 1.17 bits per heavy atom. The molecule has 0 unspecified atom stereocenters. The van der Waals surface area contributed by atoms with Crippen molar-refractivity contribution in [2.24, 2.45) is 0 Å². The number of carbonyl (C=O) groups is 2. The zero-order valence-electron chi connectivity index (χ0n) is 9.75. The Kier molecular flexibility index (Phi) is 4.09. The normalized spacial score (nSPS) is 15.6. The number of rotatable bonds is 2. The molecular weight excluding hydrogens is 256 g/mol. The van der Waals surface area contributed by atoms with E-state index < -0.39 is 0 Å². The van der Waals surface area contributed by atoms with Gasteiger partial charge in [0.15, 0.2) is 0 Å². The van der Waals surface area contributed by atoms with Crippen molar-refractivity contribution in [3.63, 3.8) is 0 Å². The molecule has 1 fully saturated rings. The van der Waals surface area contributed by atoms with Crippen LogP contribution in [0.15, 0.2) is 18.6 Å². The number of aromatic nitrogens is 2. The molecule has 96 valence electrons. The van der Waals surface area contributed by atoms with E-state index in [4.69, 9.17) is 11.6 Å². The van der Waals surface area contributed by atoms with Gasteiger partial charge in [0.25, 0.3) is 5.91 Å². The maximum atomic E-state index is 12.0. The second-order valence-electron chi connectivity index (χ2n) is 3.90. The van der Waals surface area contributed by atoms with Crippen LogP contribution in [0, 0.1) is 0 Å². The van der Waals surface area contributed by atoms with Gasteiger partial charge in [-0.05, 0) is 0 Å². The van der Waals surface area contributed by atoms with E-state index in [1.807, 2.05) is 0 Å². The van der Waals surface area contributed by atoms with Crippen molar-refractivity contribution in [2.75, 3.05) is 32.1 Å². The van der Waals surface area contributed by atoms with E-state index >= 15 is 0 Å². The summed E-state index contributed by atoms with van der Waals surface area (Å²) in [5.74, 6) is -0.262. The molecule has 0 atom stereocenters. The maximum Gasteiger partial charge on any atom is 0.274 e. The van der Waals surface area contributed by atoms with Crippen molar-refractivity contribution >= 4 is 23.4 Å². The van der Waals surface area contributed by atoms with E-state index in [1.165, 1.54) is 18.6 Å². The molecule has 0 N–H and O–H groups in total. The molecule has 2 rings (SSSR count). The van der Waals surface area contributed by atoms with Crippen LogP contribution in [0.1, 0.15) is 10.5 Å². The SMILES string of the molecule is O=C(CCl)N1CCN(C(=O)c2cnccn2)CC1. The lowest BCUT2D eigenvalue weighted by Crippen LogP contribution is -2.51. The van der Waals surface area contributed by atoms with E-state index in [-0.39, 0.29) is 17.7 Å². The fourth-order valence-electron chi connectivity index (χ4n) is 1.81. The van der Waals surface area contributed by atoms with Crippen LogP contribution in [0.5, 0.6) is 0 Å². The van der Waals surface area contributed by atoms with E-state index in [0.29, 0.717) is 31.9 Å². The fraction of sp³-hybridized carbons (Fsp3) is 0.455. The Balaban J connectivity index is 1.94. The third-order valence-corrected chi connectivity index (χ3v) is 3.04. The molecule has 1 aliphatic rings. The van der Waals surface area contributed by atoms with Crippen molar-refractivity contribution in [3.8, 4) is 0 Å². The maximum absolute atomic E-state index is 12.0. The van der Waals surface area contributed by atoms with Gasteiger partial charge >= 0.3 is 0 Å². The van der Waals surface area contributed by atoms with Crippen molar-refractivity contribution in [2.45, 2.75) is 0 Å². The molecule has 1 saturated heterocycles. The summed E-state index contributed by atoms with van der Waals surface area (Å²) in [7, 11) is 0. The number of hydrogen-bond acceptors (Lipinski definition) is 4. The molecule has 1 aromatic rings. The molecule has 6 nitrogen and oxygen atoms in total. The summed E-state index contributed by atoms with van der Waals surface area (Å²) >= 11 is 5.49. The molecule has 0 spiro atoms. The Hall–Kier alpha value is -1.69. The first-order valence-electron chi connectivity index (χ1n) is 5.61. The lowest BCUT2D eigenvalue weighted by Gasteiger charge is -2.34. The van der Waals surface area contributed by atoms with Crippen molar-refractivity contribution in [1.29, 1.82) is 0 Å². The molecule has 0 radical (unpaired) electrons. The fourth-order valence-corrected chi connectivity index (χ4v) is 1.98. The monoisotopic (exact) mass is 268 g/mol. The van der Waals surface area contributed by atoms with Crippen LogP contribution in [0.25, 0.3) is 0 Å².